The molecule has 20 heavy (non-hydrogen) atoms. The molecule has 0 spiro atoms. The molecule has 1 aromatic rings. The summed E-state index contributed by atoms with van der Waals surface area (Å²) >= 11 is 0. The van der Waals surface area contributed by atoms with E-state index in [0.717, 1.165) is 25.3 Å². The van der Waals surface area contributed by atoms with Crippen molar-refractivity contribution < 1.29 is 13.2 Å². The number of alkyl halides is 3. The molecule has 0 amide bonds. The van der Waals surface area contributed by atoms with Crippen molar-refractivity contribution in [3.63, 3.8) is 0 Å². The highest BCUT2D eigenvalue weighted by Crippen LogP contribution is 2.35. The topological polar surface area (TPSA) is 52.8 Å². The Labute approximate surface area is 114 Å². The van der Waals surface area contributed by atoms with E-state index in [1.807, 2.05) is 4.90 Å². The number of aryl methyl sites for hydroxylation is 1. The van der Waals surface area contributed by atoms with Gasteiger partial charge in [0.2, 0.25) is 0 Å². The summed E-state index contributed by atoms with van der Waals surface area (Å²) in [4.78, 5) is 9.72. The second-order valence-electron chi connectivity index (χ2n) is 5.26. The highest BCUT2D eigenvalue weighted by molar-refractivity contribution is 6.67. The van der Waals surface area contributed by atoms with Crippen LogP contribution in [0, 0.1) is 11.2 Å². The quantitative estimate of drug-likeness (QED) is 0.683. The van der Waals surface area contributed by atoms with Gasteiger partial charge < -0.3 is 4.90 Å². The molecule has 0 aliphatic carbocycles. The third-order valence-corrected chi connectivity index (χ3v) is 4.00. The van der Waals surface area contributed by atoms with Gasteiger partial charge in [-0.1, -0.05) is 0 Å². The Kier molecular flexibility index (Phi) is 3.07. The predicted octanol–water partition coefficient (Wildman–Crippen LogP) is 2.19. The standard InChI is InChI=1S/C12H12BF3N4/c14-12(15,16)10-6-18-11-9(19-10)2-1-8-5-13(7-17)3-4-20(8)11/h6,8H,1-5H2. The van der Waals surface area contributed by atoms with Gasteiger partial charge in [0.25, 0.3) is 6.71 Å². The van der Waals surface area contributed by atoms with Crippen molar-refractivity contribution in [2.45, 2.75) is 37.7 Å². The van der Waals surface area contributed by atoms with Gasteiger partial charge in [-0.25, -0.2) is 15.2 Å². The first-order valence-corrected chi connectivity index (χ1v) is 6.58. The van der Waals surface area contributed by atoms with Crippen LogP contribution >= 0.6 is 0 Å². The maximum absolute atomic E-state index is 12.6. The van der Waals surface area contributed by atoms with E-state index in [1.165, 1.54) is 0 Å². The number of halogens is 3. The lowest BCUT2D eigenvalue weighted by Crippen LogP contribution is -2.48. The Bertz CT molecular complexity index is 569. The minimum atomic E-state index is -4.45. The molecule has 8 heteroatoms. The van der Waals surface area contributed by atoms with E-state index < -0.39 is 11.9 Å². The largest absolute Gasteiger partial charge is 0.434 e. The van der Waals surface area contributed by atoms with Crippen LogP contribution in [0.5, 0.6) is 0 Å². The van der Waals surface area contributed by atoms with Gasteiger partial charge in [-0.3, -0.25) is 0 Å². The monoisotopic (exact) mass is 280 g/mol. The summed E-state index contributed by atoms with van der Waals surface area (Å²) < 4.78 is 37.9. The molecule has 0 bridgehead atoms. The van der Waals surface area contributed by atoms with Crippen LogP contribution in [0.25, 0.3) is 0 Å². The summed E-state index contributed by atoms with van der Waals surface area (Å²) in [5, 5.41) is 8.98. The van der Waals surface area contributed by atoms with Crippen molar-refractivity contribution >= 4 is 12.5 Å². The first-order chi connectivity index (χ1) is 9.49. The lowest BCUT2D eigenvalue weighted by molar-refractivity contribution is -0.141. The Hall–Kier alpha value is -1.78. The molecule has 3 rings (SSSR count). The fourth-order valence-electron chi connectivity index (χ4n) is 2.99. The summed E-state index contributed by atoms with van der Waals surface area (Å²) in [6, 6.07) is 0.201. The smallest absolute Gasteiger partial charge is 0.353 e. The van der Waals surface area contributed by atoms with Gasteiger partial charge in [0.15, 0.2) is 11.5 Å². The zero-order chi connectivity index (χ0) is 14.3. The van der Waals surface area contributed by atoms with Crippen LogP contribution in [0.15, 0.2) is 6.20 Å². The SMILES string of the molecule is N#CB1CCN2c3ncc(C(F)(F)F)nc3CCC2C1. The van der Waals surface area contributed by atoms with Crippen LogP contribution in [0.3, 0.4) is 0 Å². The van der Waals surface area contributed by atoms with E-state index in [2.05, 4.69) is 15.9 Å². The third kappa shape index (κ3) is 2.21. The molecule has 2 aliphatic rings. The number of hydrogen-bond acceptors (Lipinski definition) is 4. The normalized spacial score (nSPS) is 22.0. The Morgan fingerprint density at radius 3 is 2.95 bits per heavy atom. The van der Waals surface area contributed by atoms with E-state index in [1.54, 1.807) is 0 Å². The first kappa shape index (κ1) is 13.2. The average Bonchev–Trinajstić information content (AvgIpc) is 2.44. The summed E-state index contributed by atoms with van der Waals surface area (Å²) in [5.41, 5.74) is -0.506. The molecule has 1 aromatic heterocycles. The van der Waals surface area contributed by atoms with E-state index in [-0.39, 0.29) is 12.8 Å². The molecule has 2 aliphatic heterocycles. The molecule has 0 saturated carbocycles. The second-order valence-corrected chi connectivity index (χ2v) is 5.26. The lowest BCUT2D eigenvalue weighted by atomic mass is 9.43. The minimum Gasteiger partial charge on any atom is -0.353 e. The molecule has 0 N–H and O–H groups in total. The Morgan fingerprint density at radius 2 is 2.25 bits per heavy atom. The summed E-state index contributed by atoms with van der Waals surface area (Å²) in [6.07, 6.45) is -0.926. The number of rotatable bonds is 0. The van der Waals surface area contributed by atoms with Crippen molar-refractivity contribution in [2.24, 2.45) is 0 Å². The summed E-state index contributed by atoms with van der Waals surface area (Å²) in [7, 11) is 0. The Balaban J connectivity index is 1.90. The molecule has 1 unspecified atom stereocenters. The molecule has 0 radical (unpaired) electrons. The number of nitriles is 1. The van der Waals surface area contributed by atoms with Gasteiger partial charge in [0.1, 0.15) is 0 Å². The third-order valence-electron chi connectivity index (χ3n) is 4.00. The van der Waals surface area contributed by atoms with Crippen LogP contribution in [0.2, 0.25) is 12.6 Å². The molecule has 1 fully saturated rings. The maximum atomic E-state index is 12.6. The Morgan fingerprint density at radius 1 is 1.45 bits per heavy atom. The maximum Gasteiger partial charge on any atom is 0.434 e. The van der Waals surface area contributed by atoms with Crippen molar-refractivity contribution in [3.05, 3.63) is 17.6 Å². The molecular formula is C12H12BF3N4. The van der Waals surface area contributed by atoms with E-state index in [9.17, 15) is 13.2 Å². The van der Waals surface area contributed by atoms with Crippen LogP contribution in [-0.4, -0.2) is 29.3 Å². The van der Waals surface area contributed by atoms with Gasteiger partial charge in [0, 0.05) is 18.6 Å². The minimum absolute atomic E-state index is 0.0419. The molecule has 0 aromatic carbocycles. The summed E-state index contributed by atoms with van der Waals surface area (Å²) in [6.45, 7) is 0.704. The number of hydrogen-bond donors (Lipinski definition) is 0. The predicted molar refractivity (Wildman–Crippen MR) is 67.5 cm³/mol. The van der Waals surface area contributed by atoms with Crippen LogP contribution in [0.1, 0.15) is 17.8 Å². The molecule has 4 nitrogen and oxygen atoms in total. The van der Waals surface area contributed by atoms with Gasteiger partial charge >= 0.3 is 6.18 Å². The van der Waals surface area contributed by atoms with Gasteiger partial charge in [-0.05, 0) is 25.5 Å². The van der Waals surface area contributed by atoms with Crippen molar-refractivity contribution in [3.8, 4) is 5.97 Å². The fourth-order valence-corrected chi connectivity index (χ4v) is 2.99. The van der Waals surface area contributed by atoms with Gasteiger partial charge in [0.05, 0.1) is 11.9 Å². The van der Waals surface area contributed by atoms with E-state index in [4.69, 9.17) is 5.26 Å². The molecular weight excluding hydrogens is 268 g/mol. The highest BCUT2D eigenvalue weighted by atomic mass is 19.4. The fraction of sp³-hybridized carbons (Fsp3) is 0.583. The molecule has 1 atom stereocenters. The molecule has 104 valence electrons. The van der Waals surface area contributed by atoms with E-state index in [0.29, 0.717) is 24.5 Å². The number of fused-ring (bicyclic) bond motifs is 3. The lowest BCUT2D eigenvalue weighted by Gasteiger charge is -2.41. The number of nitrogens with zero attached hydrogens (tertiary/aromatic N) is 4. The zero-order valence-electron chi connectivity index (χ0n) is 10.7. The molecule has 1 saturated heterocycles. The van der Waals surface area contributed by atoms with Crippen molar-refractivity contribution in [2.75, 3.05) is 11.4 Å². The number of anilines is 1. The van der Waals surface area contributed by atoms with Crippen LogP contribution in [0.4, 0.5) is 19.0 Å². The van der Waals surface area contributed by atoms with Gasteiger partial charge in [-0.2, -0.15) is 13.2 Å². The number of aromatic nitrogens is 2. The highest BCUT2D eigenvalue weighted by Gasteiger charge is 2.38. The molecule has 3 heterocycles. The van der Waals surface area contributed by atoms with E-state index >= 15 is 0 Å². The van der Waals surface area contributed by atoms with Crippen LogP contribution in [-0.2, 0) is 12.6 Å². The zero-order valence-corrected chi connectivity index (χ0v) is 10.7. The average molecular weight is 280 g/mol. The van der Waals surface area contributed by atoms with Crippen LogP contribution < -0.4 is 4.90 Å². The van der Waals surface area contributed by atoms with Gasteiger partial charge in [-0.15, -0.1) is 0 Å². The van der Waals surface area contributed by atoms with Crippen molar-refractivity contribution in [1.29, 1.82) is 5.26 Å². The first-order valence-electron chi connectivity index (χ1n) is 6.58. The summed E-state index contributed by atoms with van der Waals surface area (Å²) in [5.74, 6) is 2.84. The second kappa shape index (κ2) is 4.65. The van der Waals surface area contributed by atoms with Crippen molar-refractivity contribution in [1.82, 2.24) is 9.97 Å².